The molecule has 4 rings (SSSR count). The highest BCUT2D eigenvalue weighted by atomic mass is 32.1. The fourth-order valence-electron chi connectivity index (χ4n) is 3.07. The van der Waals surface area contributed by atoms with Crippen molar-refractivity contribution in [2.45, 2.75) is 18.9 Å². The average Bonchev–Trinajstić information content (AvgIpc) is 3.41. The Morgan fingerprint density at radius 3 is 2.81 bits per heavy atom. The summed E-state index contributed by atoms with van der Waals surface area (Å²) in [5.74, 6) is -1.29. The number of aliphatic carboxylic acids is 1. The van der Waals surface area contributed by atoms with Crippen molar-refractivity contribution in [1.82, 2.24) is 19.7 Å². The van der Waals surface area contributed by atoms with Gasteiger partial charge < -0.3 is 10.0 Å². The average molecular weight is 368 g/mol. The largest absolute Gasteiger partial charge is 0.480 e. The number of carboxylic acid groups (broad SMARTS) is 1. The van der Waals surface area contributed by atoms with Crippen LogP contribution in [0.5, 0.6) is 0 Å². The third-order valence-corrected chi connectivity index (χ3v) is 5.26. The molecule has 0 spiro atoms. The molecule has 1 saturated heterocycles. The lowest BCUT2D eigenvalue weighted by Crippen LogP contribution is -2.40. The number of benzene rings is 1. The first-order chi connectivity index (χ1) is 12.6. The van der Waals surface area contributed by atoms with Crippen LogP contribution >= 0.6 is 11.3 Å². The van der Waals surface area contributed by atoms with Crippen molar-refractivity contribution in [3.63, 3.8) is 0 Å². The molecular weight excluding hydrogens is 352 g/mol. The molecule has 3 aromatic rings. The summed E-state index contributed by atoms with van der Waals surface area (Å²) >= 11 is 1.35. The monoisotopic (exact) mass is 368 g/mol. The van der Waals surface area contributed by atoms with Crippen LogP contribution in [0.4, 0.5) is 0 Å². The van der Waals surface area contributed by atoms with Crippen LogP contribution in [-0.2, 0) is 4.79 Å². The number of likely N-dealkylation sites (tertiary alicyclic amines) is 1. The number of carbonyl (C=O) groups is 2. The molecule has 0 radical (unpaired) electrons. The van der Waals surface area contributed by atoms with Crippen molar-refractivity contribution in [3.8, 4) is 16.3 Å². The number of amides is 1. The van der Waals surface area contributed by atoms with Gasteiger partial charge in [-0.3, -0.25) is 4.79 Å². The summed E-state index contributed by atoms with van der Waals surface area (Å²) in [6.07, 6.45) is 4.75. The molecule has 7 nitrogen and oxygen atoms in total. The van der Waals surface area contributed by atoms with Gasteiger partial charge in [-0.1, -0.05) is 18.2 Å². The van der Waals surface area contributed by atoms with Gasteiger partial charge in [0, 0.05) is 23.7 Å². The van der Waals surface area contributed by atoms with E-state index in [1.165, 1.54) is 16.2 Å². The topological polar surface area (TPSA) is 88.3 Å². The molecule has 132 valence electrons. The maximum absolute atomic E-state index is 12.6. The zero-order chi connectivity index (χ0) is 18.1. The second-order valence-corrected chi connectivity index (χ2v) is 6.90. The Morgan fingerprint density at radius 2 is 2.04 bits per heavy atom. The van der Waals surface area contributed by atoms with Gasteiger partial charge in [0.05, 0.1) is 11.9 Å². The van der Waals surface area contributed by atoms with Gasteiger partial charge >= 0.3 is 5.97 Å². The maximum atomic E-state index is 12.6. The number of nitrogens with zero attached hydrogens (tertiary/aromatic N) is 4. The minimum Gasteiger partial charge on any atom is -0.480 e. The summed E-state index contributed by atoms with van der Waals surface area (Å²) in [6, 6.07) is 8.96. The van der Waals surface area contributed by atoms with Crippen molar-refractivity contribution in [1.29, 1.82) is 0 Å². The van der Waals surface area contributed by atoms with Gasteiger partial charge in [-0.2, -0.15) is 5.10 Å². The van der Waals surface area contributed by atoms with E-state index in [4.69, 9.17) is 0 Å². The molecule has 0 bridgehead atoms. The van der Waals surface area contributed by atoms with E-state index in [0.717, 1.165) is 11.3 Å². The molecule has 1 N–H and O–H groups in total. The normalized spacial score (nSPS) is 16.8. The summed E-state index contributed by atoms with van der Waals surface area (Å²) in [5, 5.41) is 15.9. The second-order valence-electron chi connectivity index (χ2n) is 6.04. The lowest BCUT2D eigenvalue weighted by atomic mass is 10.2. The molecule has 1 fully saturated rings. The SMILES string of the molecule is O=C(O)C1CCCN1C(=O)c1csc(-c2cnn(-c3ccccc3)c2)n1. The minimum absolute atomic E-state index is 0.283. The van der Waals surface area contributed by atoms with Crippen LogP contribution in [0.2, 0.25) is 0 Å². The molecule has 1 unspecified atom stereocenters. The van der Waals surface area contributed by atoms with Gasteiger partial charge in [-0.05, 0) is 25.0 Å². The van der Waals surface area contributed by atoms with E-state index >= 15 is 0 Å². The molecule has 0 aliphatic carbocycles. The zero-order valence-corrected chi connectivity index (χ0v) is 14.6. The minimum atomic E-state index is -0.963. The van der Waals surface area contributed by atoms with E-state index in [-0.39, 0.29) is 11.6 Å². The van der Waals surface area contributed by atoms with Crippen molar-refractivity contribution in [2.75, 3.05) is 6.54 Å². The van der Waals surface area contributed by atoms with E-state index in [9.17, 15) is 14.7 Å². The highest BCUT2D eigenvalue weighted by Crippen LogP contribution is 2.26. The number of hydrogen-bond donors (Lipinski definition) is 1. The number of thiazole rings is 1. The molecule has 1 atom stereocenters. The Morgan fingerprint density at radius 1 is 1.23 bits per heavy atom. The molecule has 26 heavy (non-hydrogen) atoms. The molecule has 8 heteroatoms. The standard InChI is InChI=1S/C18H16N4O3S/c23-17(21-8-4-7-15(21)18(24)25)14-11-26-16(20-14)12-9-19-22(10-12)13-5-2-1-3-6-13/h1-3,5-6,9-11,15H,4,7-8H2,(H,24,25). The molecule has 3 heterocycles. The first-order valence-electron chi connectivity index (χ1n) is 8.23. The Labute approximate surface area is 153 Å². The highest BCUT2D eigenvalue weighted by Gasteiger charge is 2.35. The lowest BCUT2D eigenvalue weighted by Gasteiger charge is -2.20. The fraction of sp³-hybridized carbons (Fsp3) is 0.222. The van der Waals surface area contributed by atoms with E-state index < -0.39 is 12.0 Å². The second kappa shape index (κ2) is 6.72. The van der Waals surface area contributed by atoms with Crippen LogP contribution in [0, 0.1) is 0 Å². The lowest BCUT2D eigenvalue weighted by molar-refractivity contribution is -0.141. The number of rotatable bonds is 4. The third kappa shape index (κ3) is 2.99. The van der Waals surface area contributed by atoms with Crippen LogP contribution in [0.3, 0.4) is 0 Å². The summed E-state index contributed by atoms with van der Waals surface area (Å²) in [7, 11) is 0. The van der Waals surface area contributed by atoms with Gasteiger partial charge in [0.15, 0.2) is 0 Å². The van der Waals surface area contributed by atoms with Crippen LogP contribution in [0.25, 0.3) is 16.3 Å². The Kier molecular flexibility index (Phi) is 4.26. The van der Waals surface area contributed by atoms with Crippen molar-refractivity contribution >= 4 is 23.2 Å². The molecule has 0 saturated carbocycles. The Bertz CT molecular complexity index is 950. The van der Waals surface area contributed by atoms with Crippen molar-refractivity contribution in [3.05, 3.63) is 53.8 Å². The number of hydrogen-bond acceptors (Lipinski definition) is 5. The van der Waals surface area contributed by atoms with Gasteiger partial charge in [0.25, 0.3) is 5.91 Å². The summed E-state index contributed by atoms with van der Waals surface area (Å²) in [6.45, 7) is 0.453. The molecule has 1 aromatic carbocycles. The van der Waals surface area contributed by atoms with Gasteiger partial charge in [-0.25, -0.2) is 14.5 Å². The highest BCUT2D eigenvalue weighted by molar-refractivity contribution is 7.13. The molecule has 2 aromatic heterocycles. The smallest absolute Gasteiger partial charge is 0.326 e. The number of para-hydroxylation sites is 1. The number of carbonyl (C=O) groups excluding carboxylic acids is 1. The van der Waals surface area contributed by atoms with Crippen LogP contribution in [0.15, 0.2) is 48.1 Å². The van der Waals surface area contributed by atoms with Gasteiger partial charge in [0.1, 0.15) is 16.7 Å². The summed E-state index contributed by atoms with van der Waals surface area (Å²) < 4.78 is 1.75. The first-order valence-corrected chi connectivity index (χ1v) is 9.11. The molecule has 1 aliphatic heterocycles. The van der Waals surface area contributed by atoms with E-state index in [2.05, 4.69) is 10.1 Å². The molecular formula is C18H16N4O3S. The van der Waals surface area contributed by atoms with Crippen LogP contribution in [-0.4, -0.2) is 49.2 Å². The van der Waals surface area contributed by atoms with Crippen LogP contribution in [0.1, 0.15) is 23.3 Å². The van der Waals surface area contributed by atoms with Crippen molar-refractivity contribution < 1.29 is 14.7 Å². The third-order valence-electron chi connectivity index (χ3n) is 4.37. The fourth-order valence-corrected chi connectivity index (χ4v) is 3.84. The molecule has 1 aliphatic rings. The Balaban J connectivity index is 1.56. The maximum Gasteiger partial charge on any atom is 0.326 e. The Hall–Kier alpha value is -3.00. The van der Waals surface area contributed by atoms with Gasteiger partial charge in [0.2, 0.25) is 0 Å². The quantitative estimate of drug-likeness (QED) is 0.765. The number of carboxylic acids is 1. The predicted octanol–water partition coefficient (Wildman–Crippen LogP) is 2.69. The van der Waals surface area contributed by atoms with E-state index in [0.29, 0.717) is 24.4 Å². The van der Waals surface area contributed by atoms with Crippen LogP contribution < -0.4 is 0 Å². The van der Waals surface area contributed by atoms with E-state index in [1.54, 1.807) is 16.3 Å². The van der Waals surface area contributed by atoms with E-state index in [1.807, 2.05) is 36.5 Å². The van der Waals surface area contributed by atoms with Gasteiger partial charge in [-0.15, -0.1) is 11.3 Å². The molecule has 1 amide bonds. The first kappa shape index (κ1) is 16.5. The number of aromatic nitrogens is 3. The predicted molar refractivity (Wildman–Crippen MR) is 96.4 cm³/mol. The zero-order valence-electron chi connectivity index (χ0n) is 13.8. The summed E-state index contributed by atoms with van der Waals surface area (Å²) in [5.41, 5.74) is 2.03. The van der Waals surface area contributed by atoms with Crippen molar-refractivity contribution in [2.24, 2.45) is 0 Å². The summed E-state index contributed by atoms with van der Waals surface area (Å²) in [4.78, 5) is 29.7.